The first-order valence-electron chi connectivity index (χ1n) is 7.22. The Morgan fingerprint density at radius 1 is 1.35 bits per heavy atom. The van der Waals surface area contributed by atoms with Crippen molar-refractivity contribution in [2.45, 2.75) is 25.4 Å². The summed E-state index contributed by atoms with van der Waals surface area (Å²) >= 11 is 11.9. The van der Waals surface area contributed by atoms with Gasteiger partial charge in [0.1, 0.15) is 0 Å². The molecule has 23 heavy (non-hydrogen) atoms. The number of sulfone groups is 1. The molecular formula is C15H20Cl2N2O3S. The Kier molecular flexibility index (Phi) is 5.61. The standard InChI is InChI=1S/C15H20Cl2N2O3S/c1-15(5-6-23(21,22)10-15)18-14(20)9-19(2)8-11-3-4-12(16)13(17)7-11/h3-4,7H,5-6,8-10H2,1-2H3,(H,18,20)/t15-/m0/s1. The molecule has 0 spiro atoms. The van der Waals surface area contributed by atoms with Gasteiger partial charge in [-0.05, 0) is 38.1 Å². The first-order chi connectivity index (χ1) is 10.6. The summed E-state index contributed by atoms with van der Waals surface area (Å²) in [5.74, 6) is -0.0577. The van der Waals surface area contributed by atoms with Crippen LogP contribution in [-0.2, 0) is 21.2 Å². The molecule has 0 aromatic heterocycles. The lowest BCUT2D eigenvalue weighted by molar-refractivity contribution is -0.123. The van der Waals surface area contributed by atoms with Gasteiger partial charge < -0.3 is 5.32 Å². The smallest absolute Gasteiger partial charge is 0.234 e. The summed E-state index contributed by atoms with van der Waals surface area (Å²) in [7, 11) is -1.23. The lowest BCUT2D eigenvalue weighted by Gasteiger charge is -2.25. The van der Waals surface area contributed by atoms with Gasteiger partial charge >= 0.3 is 0 Å². The van der Waals surface area contributed by atoms with Crippen LogP contribution in [0, 0.1) is 0 Å². The van der Waals surface area contributed by atoms with Crippen LogP contribution in [0.4, 0.5) is 0 Å². The number of carbonyl (C=O) groups is 1. The van der Waals surface area contributed by atoms with Gasteiger partial charge in [-0.2, -0.15) is 0 Å². The maximum atomic E-state index is 12.1. The minimum absolute atomic E-state index is 0.00223. The Hall–Kier alpha value is -0.820. The average Bonchev–Trinajstić information content (AvgIpc) is 2.67. The first-order valence-corrected chi connectivity index (χ1v) is 9.80. The number of nitrogens with one attached hydrogen (secondary N) is 1. The molecule has 1 fully saturated rings. The van der Waals surface area contributed by atoms with Gasteiger partial charge in [-0.25, -0.2) is 8.42 Å². The van der Waals surface area contributed by atoms with Gasteiger partial charge in [0.15, 0.2) is 9.84 Å². The Bertz CT molecular complexity index is 709. The molecule has 1 heterocycles. The number of amides is 1. The molecule has 0 bridgehead atoms. The highest BCUT2D eigenvalue weighted by atomic mass is 35.5. The average molecular weight is 379 g/mol. The molecule has 1 aliphatic heterocycles. The molecule has 1 N–H and O–H groups in total. The molecule has 1 atom stereocenters. The van der Waals surface area contributed by atoms with Gasteiger partial charge in [-0.3, -0.25) is 9.69 Å². The maximum Gasteiger partial charge on any atom is 0.234 e. The van der Waals surface area contributed by atoms with Crippen molar-refractivity contribution in [1.29, 1.82) is 0 Å². The van der Waals surface area contributed by atoms with E-state index in [-0.39, 0.29) is 24.0 Å². The summed E-state index contributed by atoms with van der Waals surface area (Å²) in [6, 6.07) is 5.34. The molecule has 8 heteroatoms. The van der Waals surface area contributed by atoms with Crippen LogP contribution in [0.5, 0.6) is 0 Å². The molecule has 128 valence electrons. The van der Waals surface area contributed by atoms with E-state index in [4.69, 9.17) is 23.2 Å². The molecule has 1 aromatic carbocycles. The molecule has 0 saturated carbocycles. The van der Waals surface area contributed by atoms with E-state index in [0.29, 0.717) is 23.0 Å². The summed E-state index contributed by atoms with van der Waals surface area (Å²) in [5, 5.41) is 3.81. The van der Waals surface area contributed by atoms with Gasteiger partial charge in [0.25, 0.3) is 0 Å². The number of carbonyl (C=O) groups excluding carboxylic acids is 1. The number of halogens is 2. The largest absolute Gasteiger partial charge is 0.349 e. The van der Waals surface area contributed by atoms with Crippen molar-refractivity contribution in [3.05, 3.63) is 33.8 Å². The number of hydrogen-bond acceptors (Lipinski definition) is 4. The van der Waals surface area contributed by atoms with Crippen LogP contribution in [0.25, 0.3) is 0 Å². The zero-order valence-corrected chi connectivity index (χ0v) is 15.4. The second-order valence-electron chi connectivity index (χ2n) is 6.37. The predicted molar refractivity (Wildman–Crippen MR) is 92.6 cm³/mol. The second kappa shape index (κ2) is 6.97. The molecule has 1 saturated heterocycles. The zero-order chi connectivity index (χ0) is 17.3. The van der Waals surface area contributed by atoms with Crippen molar-refractivity contribution >= 4 is 38.9 Å². The zero-order valence-electron chi connectivity index (χ0n) is 13.1. The van der Waals surface area contributed by atoms with Gasteiger partial charge in [-0.1, -0.05) is 29.3 Å². The Balaban J connectivity index is 1.88. The van der Waals surface area contributed by atoms with E-state index in [2.05, 4.69) is 5.32 Å². The number of nitrogens with zero attached hydrogens (tertiary/aromatic N) is 1. The van der Waals surface area contributed by atoms with Gasteiger partial charge in [0.2, 0.25) is 5.91 Å². The van der Waals surface area contributed by atoms with Crippen molar-refractivity contribution < 1.29 is 13.2 Å². The summed E-state index contributed by atoms with van der Waals surface area (Å²) < 4.78 is 23.1. The third kappa shape index (κ3) is 5.35. The van der Waals surface area contributed by atoms with Crippen LogP contribution in [0.3, 0.4) is 0 Å². The van der Waals surface area contributed by atoms with Crippen LogP contribution in [0.1, 0.15) is 18.9 Å². The summed E-state index contributed by atoms with van der Waals surface area (Å²) in [5.41, 5.74) is 0.282. The van der Waals surface area contributed by atoms with E-state index < -0.39 is 15.4 Å². The molecule has 0 radical (unpaired) electrons. The third-order valence-corrected chi connectivity index (χ3v) is 6.44. The Morgan fingerprint density at radius 2 is 2.04 bits per heavy atom. The van der Waals surface area contributed by atoms with Gasteiger partial charge in [0, 0.05) is 6.54 Å². The van der Waals surface area contributed by atoms with Crippen LogP contribution in [0.15, 0.2) is 18.2 Å². The topological polar surface area (TPSA) is 66.5 Å². The number of benzene rings is 1. The molecule has 1 aromatic rings. The minimum Gasteiger partial charge on any atom is -0.349 e. The minimum atomic E-state index is -3.04. The SMILES string of the molecule is CN(CC(=O)N[C@@]1(C)CCS(=O)(=O)C1)Cc1ccc(Cl)c(Cl)c1. The lowest BCUT2D eigenvalue weighted by atomic mass is 10.0. The monoisotopic (exact) mass is 378 g/mol. The van der Waals surface area contributed by atoms with Gasteiger partial charge in [-0.15, -0.1) is 0 Å². The number of rotatable bonds is 5. The van der Waals surface area contributed by atoms with Crippen molar-refractivity contribution in [1.82, 2.24) is 10.2 Å². The fourth-order valence-corrected chi connectivity index (χ4v) is 5.15. The normalized spacial score (nSPS) is 23.2. The first kappa shape index (κ1) is 18.5. The lowest BCUT2D eigenvalue weighted by Crippen LogP contribution is -2.49. The molecule has 1 aliphatic rings. The van der Waals surface area contributed by atoms with E-state index in [1.54, 1.807) is 19.1 Å². The summed E-state index contributed by atoms with van der Waals surface area (Å²) in [6.45, 7) is 2.49. The molecule has 1 amide bonds. The quantitative estimate of drug-likeness (QED) is 0.851. The second-order valence-corrected chi connectivity index (χ2v) is 9.37. The van der Waals surface area contributed by atoms with Crippen LogP contribution in [-0.4, -0.2) is 49.9 Å². The Labute approximate surface area is 146 Å². The van der Waals surface area contributed by atoms with E-state index in [1.807, 2.05) is 18.0 Å². The van der Waals surface area contributed by atoms with Crippen molar-refractivity contribution in [2.75, 3.05) is 25.1 Å². The number of likely N-dealkylation sites (N-methyl/N-ethyl adjacent to an activating group) is 1. The number of hydrogen-bond donors (Lipinski definition) is 1. The molecular weight excluding hydrogens is 359 g/mol. The van der Waals surface area contributed by atoms with Gasteiger partial charge in [0.05, 0.1) is 33.6 Å². The van der Waals surface area contributed by atoms with Crippen molar-refractivity contribution in [2.24, 2.45) is 0 Å². The van der Waals surface area contributed by atoms with E-state index in [9.17, 15) is 13.2 Å². The molecule has 0 aliphatic carbocycles. The molecule has 5 nitrogen and oxygen atoms in total. The summed E-state index contributed by atoms with van der Waals surface area (Å²) in [6.07, 6.45) is 0.456. The highest BCUT2D eigenvalue weighted by Gasteiger charge is 2.39. The summed E-state index contributed by atoms with van der Waals surface area (Å²) in [4.78, 5) is 14.0. The van der Waals surface area contributed by atoms with Crippen LogP contribution >= 0.6 is 23.2 Å². The molecule has 2 rings (SSSR count). The third-order valence-electron chi connectivity index (χ3n) is 3.79. The fraction of sp³-hybridized carbons (Fsp3) is 0.533. The van der Waals surface area contributed by atoms with E-state index in [1.165, 1.54) is 0 Å². The molecule has 0 unspecified atom stereocenters. The van der Waals surface area contributed by atoms with Crippen LogP contribution in [0.2, 0.25) is 10.0 Å². The van der Waals surface area contributed by atoms with Crippen molar-refractivity contribution in [3.63, 3.8) is 0 Å². The van der Waals surface area contributed by atoms with Crippen molar-refractivity contribution in [3.8, 4) is 0 Å². The fourth-order valence-electron chi connectivity index (χ4n) is 2.74. The van der Waals surface area contributed by atoms with E-state index >= 15 is 0 Å². The Morgan fingerprint density at radius 3 is 2.61 bits per heavy atom. The van der Waals surface area contributed by atoms with E-state index in [0.717, 1.165) is 5.56 Å². The van der Waals surface area contributed by atoms with Crippen LogP contribution < -0.4 is 5.32 Å². The predicted octanol–water partition coefficient (Wildman–Crippen LogP) is 2.12. The maximum absolute atomic E-state index is 12.1. The highest BCUT2D eigenvalue weighted by Crippen LogP contribution is 2.24. The highest BCUT2D eigenvalue weighted by molar-refractivity contribution is 7.91.